The number of methoxy groups -OCH3 is 1. The summed E-state index contributed by atoms with van der Waals surface area (Å²) in [6.07, 6.45) is -3.49. The number of hydrogen-bond acceptors (Lipinski definition) is 5. The van der Waals surface area contributed by atoms with E-state index in [9.17, 15) is 24.5 Å². The molecule has 1 aromatic carbocycles. The summed E-state index contributed by atoms with van der Waals surface area (Å²) in [5.74, 6) is -2.37. The van der Waals surface area contributed by atoms with Gasteiger partial charge in [0.2, 0.25) is 0 Å². The maximum atomic E-state index is 13.0. The van der Waals surface area contributed by atoms with Crippen molar-refractivity contribution in [3.8, 4) is 5.75 Å². The Morgan fingerprint density at radius 1 is 1.47 bits per heavy atom. The molecule has 0 amide bonds. The van der Waals surface area contributed by atoms with Crippen molar-refractivity contribution in [2.24, 2.45) is 0 Å². The van der Waals surface area contributed by atoms with Crippen molar-refractivity contribution in [1.29, 1.82) is 0 Å². The zero-order valence-electron chi connectivity index (χ0n) is 9.13. The summed E-state index contributed by atoms with van der Waals surface area (Å²) < 4.78 is 17.3. The van der Waals surface area contributed by atoms with Gasteiger partial charge in [-0.05, 0) is 6.07 Å². The van der Waals surface area contributed by atoms with E-state index >= 15 is 0 Å². The van der Waals surface area contributed by atoms with E-state index in [1.807, 2.05) is 0 Å². The fourth-order valence-electron chi connectivity index (χ4n) is 1.34. The van der Waals surface area contributed by atoms with Crippen molar-refractivity contribution in [2.75, 3.05) is 7.11 Å². The monoisotopic (exact) mass is 244 g/mol. The zero-order valence-corrected chi connectivity index (χ0v) is 9.13. The van der Waals surface area contributed by atoms with Gasteiger partial charge in [0.1, 0.15) is 6.10 Å². The normalized spacial score (nSPS) is 14.1. The minimum Gasteiger partial charge on any atom is -0.505 e. The van der Waals surface area contributed by atoms with Crippen LogP contribution in [-0.2, 0) is 9.53 Å². The van der Waals surface area contributed by atoms with Crippen LogP contribution in [0.5, 0.6) is 5.75 Å². The number of para-hydroxylation sites is 1. The van der Waals surface area contributed by atoms with Crippen LogP contribution in [0, 0.1) is 5.82 Å². The van der Waals surface area contributed by atoms with Gasteiger partial charge in [-0.2, -0.15) is 0 Å². The van der Waals surface area contributed by atoms with Crippen LogP contribution in [0.25, 0.3) is 0 Å². The van der Waals surface area contributed by atoms with E-state index in [1.165, 1.54) is 12.1 Å². The Labute approximate surface area is 97.1 Å². The molecule has 0 aliphatic heterocycles. The van der Waals surface area contributed by atoms with E-state index in [0.29, 0.717) is 0 Å². The van der Waals surface area contributed by atoms with Crippen LogP contribution in [0.3, 0.4) is 0 Å². The molecule has 0 aliphatic carbocycles. The number of carbonyl (C=O) groups is 1. The second-order valence-electron chi connectivity index (χ2n) is 3.47. The lowest BCUT2D eigenvalue weighted by Crippen LogP contribution is -2.22. The number of carbonyl (C=O) groups excluding carboxylic acids is 1. The molecule has 0 spiro atoms. The van der Waals surface area contributed by atoms with Gasteiger partial charge >= 0.3 is 5.97 Å². The number of aliphatic hydroxyl groups excluding tert-OH is 2. The number of hydrogen-bond donors (Lipinski definition) is 3. The molecule has 0 saturated carbocycles. The SMILES string of the molecule is COC(=O)CC(O)C(O)c1cccc(F)c1O. The Balaban J connectivity index is 2.85. The highest BCUT2D eigenvalue weighted by Crippen LogP contribution is 2.29. The predicted octanol–water partition coefficient (Wildman–Crippen LogP) is 0.489. The van der Waals surface area contributed by atoms with Crippen LogP contribution < -0.4 is 0 Å². The molecule has 0 bridgehead atoms. The van der Waals surface area contributed by atoms with Crippen molar-refractivity contribution < 1.29 is 29.2 Å². The maximum Gasteiger partial charge on any atom is 0.308 e. The summed E-state index contributed by atoms with van der Waals surface area (Å²) in [6, 6.07) is 3.54. The third-order valence-electron chi connectivity index (χ3n) is 2.30. The number of rotatable bonds is 4. The van der Waals surface area contributed by atoms with Crippen LogP contribution in [0.4, 0.5) is 4.39 Å². The number of aliphatic hydroxyl groups is 2. The van der Waals surface area contributed by atoms with Gasteiger partial charge in [0.15, 0.2) is 11.6 Å². The molecule has 3 N–H and O–H groups in total. The van der Waals surface area contributed by atoms with Crippen molar-refractivity contribution in [1.82, 2.24) is 0 Å². The molecule has 6 heteroatoms. The highest BCUT2D eigenvalue weighted by Gasteiger charge is 2.25. The molecule has 5 nitrogen and oxygen atoms in total. The van der Waals surface area contributed by atoms with E-state index in [0.717, 1.165) is 13.2 Å². The average Bonchev–Trinajstić information content (AvgIpc) is 2.31. The molecule has 1 rings (SSSR count). The van der Waals surface area contributed by atoms with Gasteiger partial charge in [-0.3, -0.25) is 4.79 Å². The molecule has 2 atom stereocenters. The topological polar surface area (TPSA) is 87.0 Å². The van der Waals surface area contributed by atoms with Gasteiger partial charge in [0.05, 0.1) is 19.6 Å². The summed E-state index contributed by atoms with van der Waals surface area (Å²) >= 11 is 0. The van der Waals surface area contributed by atoms with Gasteiger partial charge in [0.25, 0.3) is 0 Å². The van der Waals surface area contributed by atoms with E-state index in [1.54, 1.807) is 0 Å². The summed E-state index contributed by atoms with van der Waals surface area (Å²) in [5.41, 5.74) is -0.179. The second kappa shape index (κ2) is 5.60. The molecule has 1 aromatic rings. The minimum atomic E-state index is -1.57. The van der Waals surface area contributed by atoms with Gasteiger partial charge in [-0.15, -0.1) is 0 Å². The largest absolute Gasteiger partial charge is 0.505 e. The smallest absolute Gasteiger partial charge is 0.308 e. The molecule has 0 radical (unpaired) electrons. The third-order valence-corrected chi connectivity index (χ3v) is 2.30. The fourth-order valence-corrected chi connectivity index (χ4v) is 1.34. The summed E-state index contributed by atoms with van der Waals surface area (Å²) in [4.78, 5) is 10.9. The van der Waals surface area contributed by atoms with Crippen LogP contribution in [0.15, 0.2) is 18.2 Å². The first-order valence-corrected chi connectivity index (χ1v) is 4.87. The van der Waals surface area contributed by atoms with Gasteiger partial charge in [-0.1, -0.05) is 12.1 Å². The number of aromatic hydroxyl groups is 1. The first kappa shape index (κ1) is 13.4. The Morgan fingerprint density at radius 2 is 2.12 bits per heavy atom. The second-order valence-corrected chi connectivity index (χ2v) is 3.47. The molecule has 94 valence electrons. The lowest BCUT2D eigenvalue weighted by Gasteiger charge is -2.18. The van der Waals surface area contributed by atoms with Gasteiger partial charge < -0.3 is 20.1 Å². The molecular weight excluding hydrogens is 231 g/mol. The number of esters is 1. The highest BCUT2D eigenvalue weighted by atomic mass is 19.1. The van der Waals surface area contributed by atoms with Crippen molar-refractivity contribution in [2.45, 2.75) is 18.6 Å². The molecular formula is C11H13FO5. The Morgan fingerprint density at radius 3 is 2.71 bits per heavy atom. The van der Waals surface area contributed by atoms with Gasteiger partial charge in [-0.25, -0.2) is 4.39 Å². The van der Waals surface area contributed by atoms with E-state index in [-0.39, 0.29) is 5.56 Å². The van der Waals surface area contributed by atoms with Crippen LogP contribution in [-0.4, -0.2) is 34.5 Å². The number of halogens is 1. The van der Waals surface area contributed by atoms with E-state index in [4.69, 9.17) is 0 Å². The maximum absolute atomic E-state index is 13.0. The fraction of sp³-hybridized carbons (Fsp3) is 0.364. The minimum absolute atomic E-state index is 0.179. The standard InChI is InChI=1S/C11H13FO5/c1-17-9(14)5-8(13)11(16)6-3-2-4-7(12)10(6)15/h2-4,8,11,13,15-16H,5H2,1H3. The first-order chi connectivity index (χ1) is 7.97. The molecule has 0 heterocycles. The first-order valence-electron chi connectivity index (χ1n) is 4.87. The number of ether oxygens (including phenoxy) is 1. The van der Waals surface area contributed by atoms with E-state index < -0.39 is 36.2 Å². The molecule has 0 aromatic heterocycles. The molecule has 0 fully saturated rings. The van der Waals surface area contributed by atoms with Crippen LogP contribution in [0.2, 0.25) is 0 Å². The summed E-state index contributed by atoms with van der Waals surface area (Å²) in [6.45, 7) is 0. The Bertz CT molecular complexity index is 407. The Hall–Kier alpha value is -1.66. The molecule has 0 aliphatic rings. The Kier molecular flexibility index (Phi) is 4.42. The summed E-state index contributed by atoms with van der Waals surface area (Å²) in [7, 11) is 1.14. The van der Waals surface area contributed by atoms with Crippen LogP contribution in [0.1, 0.15) is 18.1 Å². The average molecular weight is 244 g/mol. The highest BCUT2D eigenvalue weighted by molar-refractivity contribution is 5.69. The molecule has 17 heavy (non-hydrogen) atoms. The predicted molar refractivity (Wildman–Crippen MR) is 55.7 cm³/mol. The summed E-state index contributed by atoms with van der Waals surface area (Å²) in [5, 5.41) is 28.5. The third kappa shape index (κ3) is 3.15. The number of phenolic OH excluding ortho intramolecular Hbond substituents is 1. The quantitative estimate of drug-likeness (QED) is 0.671. The number of phenols is 1. The van der Waals surface area contributed by atoms with E-state index in [2.05, 4.69) is 4.74 Å². The van der Waals surface area contributed by atoms with Crippen molar-refractivity contribution in [3.05, 3.63) is 29.6 Å². The lowest BCUT2D eigenvalue weighted by molar-refractivity contribution is -0.144. The number of benzene rings is 1. The van der Waals surface area contributed by atoms with Crippen molar-refractivity contribution >= 4 is 5.97 Å². The van der Waals surface area contributed by atoms with Crippen molar-refractivity contribution in [3.63, 3.8) is 0 Å². The zero-order chi connectivity index (χ0) is 13.0. The molecule has 2 unspecified atom stereocenters. The molecule has 0 saturated heterocycles. The lowest BCUT2D eigenvalue weighted by atomic mass is 10.0. The van der Waals surface area contributed by atoms with Crippen LogP contribution >= 0.6 is 0 Å². The van der Waals surface area contributed by atoms with Gasteiger partial charge in [0, 0.05) is 5.56 Å².